The predicted octanol–water partition coefficient (Wildman–Crippen LogP) is 5.77. The maximum absolute atomic E-state index is 13.1. The molecule has 2 aromatic heterocycles. The van der Waals surface area contributed by atoms with Crippen molar-refractivity contribution in [3.63, 3.8) is 0 Å². The second kappa shape index (κ2) is 5.44. The number of benzene rings is 1. The van der Waals surface area contributed by atoms with Crippen molar-refractivity contribution in [2.45, 2.75) is 0 Å². The van der Waals surface area contributed by atoms with Crippen LogP contribution in [-0.2, 0) is 0 Å². The van der Waals surface area contributed by atoms with Crippen LogP contribution in [0, 0.1) is 5.82 Å². The van der Waals surface area contributed by atoms with E-state index in [2.05, 4.69) is 21.2 Å². The summed E-state index contributed by atoms with van der Waals surface area (Å²) in [6, 6.07) is 6.23. The van der Waals surface area contributed by atoms with E-state index < -0.39 is 5.82 Å². The second-order valence-corrected chi connectivity index (χ2v) is 7.25. The van der Waals surface area contributed by atoms with Crippen LogP contribution in [0.15, 0.2) is 34.1 Å². The first-order valence-corrected chi connectivity index (χ1v) is 8.34. The van der Waals surface area contributed by atoms with Crippen LogP contribution in [0.1, 0.15) is 9.67 Å². The van der Waals surface area contributed by atoms with E-state index in [9.17, 15) is 9.18 Å². The molecule has 3 rings (SSSR count). The van der Waals surface area contributed by atoms with Gasteiger partial charge in [-0.1, -0.05) is 11.6 Å². The summed E-state index contributed by atoms with van der Waals surface area (Å²) in [6.07, 6.45) is 0. The number of nitrogens with one attached hydrogen (secondary N) is 1. The van der Waals surface area contributed by atoms with Gasteiger partial charge in [-0.3, -0.25) is 4.79 Å². The van der Waals surface area contributed by atoms with E-state index in [1.54, 1.807) is 11.3 Å². The molecule has 0 unspecified atom stereocenters. The first-order valence-electron chi connectivity index (χ1n) is 5.47. The van der Waals surface area contributed by atoms with Gasteiger partial charge >= 0.3 is 0 Å². The molecule has 0 spiro atoms. The Morgan fingerprint density at radius 2 is 2.10 bits per heavy atom. The maximum Gasteiger partial charge on any atom is 0.265 e. The third-order valence-electron chi connectivity index (χ3n) is 2.61. The quantitative estimate of drug-likeness (QED) is 0.591. The third-order valence-corrected chi connectivity index (χ3v) is 5.62. The Morgan fingerprint density at radius 1 is 1.30 bits per heavy atom. The van der Waals surface area contributed by atoms with Crippen LogP contribution >= 0.6 is 50.2 Å². The number of thiophene rings is 2. The van der Waals surface area contributed by atoms with E-state index in [-0.39, 0.29) is 10.9 Å². The van der Waals surface area contributed by atoms with E-state index in [1.165, 1.54) is 17.4 Å². The van der Waals surface area contributed by atoms with Crippen molar-refractivity contribution in [3.05, 3.63) is 49.8 Å². The average molecular weight is 391 g/mol. The molecule has 0 aliphatic carbocycles. The molecule has 0 radical (unpaired) electrons. The van der Waals surface area contributed by atoms with E-state index in [1.807, 2.05) is 17.5 Å². The summed E-state index contributed by atoms with van der Waals surface area (Å²) in [6.45, 7) is 0. The van der Waals surface area contributed by atoms with Gasteiger partial charge in [0.25, 0.3) is 5.91 Å². The van der Waals surface area contributed by atoms with Gasteiger partial charge in [-0.05, 0) is 45.6 Å². The van der Waals surface area contributed by atoms with Gasteiger partial charge in [0.2, 0.25) is 0 Å². The van der Waals surface area contributed by atoms with Crippen LogP contribution in [0.3, 0.4) is 0 Å². The summed E-state index contributed by atoms with van der Waals surface area (Å²) >= 11 is 12.1. The fraction of sp³-hybridized carbons (Fsp3) is 0. The smallest absolute Gasteiger partial charge is 0.265 e. The number of carbonyl (C=O) groups is 1. The summed E-state index contributed by atoms with van der Waals surface area (Å²) in [4.78, 5) is 12.8. The molecule has 2 nitrogen and oxygen atoms in total. The number of hydrogen-bond acceptors (Lipinski definition) is 3. The number of halogens is 3. The fourth-order valence-corrected chi connectivity index (χ4v) is 4.62. The zero-order chi connectivity index (χ0) is 14.3. The summed E-state index contributed by atoms with van der Waals surface area (Å²) in [5, 5.41) is 4.84. The van der Waals surface area contributed by atoms with E-state index in [0.717, 1.165) is 15.5 Å². The number of carbonyl (C=O) groups excluding carboxylic acids is 1. The van der Waals surface area contributed by atoms with Crippen molar-refractivity contribution in [2.75, 3.05) is 5.32 Å². The van der Waals surface area contributed by atoms with E-state index in [0.29, 0.717) is 15.0 Å². The molecule has 0 bridgehead atoms. The van der Waals surface area contributed by atoms with E-state index in [4.69, 9.17) is 11.6 Å². The second-order valence-electron chi connectivity index (χ2n) is 3.96. The van der Waals surface area contributed by atoms with Gasteiger partial charge in [-0.15, -0.1) is 22.7 Å². The minimum absolute atomic E-state index is 0.156. The lowest BCUT2D eigenvalue weighted by atomic mass is 10.3. The minimum Gasteiger partial charge on any atom is -0.319 e. The molecule has 1 amide bonds. The van der Waals surface area contributed by atoms with Crippen molar-refractivity contribution in [3.8, 4) is 0 Å². The van der Waals surface area contributed by atoms with Crippen molar-refractivity contribution in [1.82, 2.24) is 0 Å². The predicted molar refractivity (Wildman–Crippen MR) is 86.8 cm³/mol. The lowest BCUT2D eigenvalue weighted by Crippen LogP contribution is -2.11. The average Bonchev–Trinajstić information content (AvgIpc) is 2.93. The SMILES string of the molecule is O=C(Nc1c(Cl)cc(F)cc1Br)c1cc2sccc2s1. The van der Waals surface area contributed by atoms with Gasteiger partial charge < -0.3 is 5.32 Å². The highest BCUT2D eigenvalue weighted by Gasteiger charge is 2.15. The fourth-order valence-electron chi connectivity index (χ4n) is 1.71. The number of fused-ring (bicyclic) bond motifs is 1. The highest BCUT2D eigenvalue weighted by atomic mass is 79.9. The molecule has 0 aliphatic rings. The molecule has 0 atom stereocenters. The van der Waals surface area contributed by atoms with Crippen molar-refractivity contribution < 1.29 is 9.18 Å². The molecule has 0 saturated carbocycles. The van der Waals surface area contributed by atoms with Crippen molar-refractivity contribution in [2.24, 2.45) is 0 Å². The lowest BCUT2D eigenvalue weighted by molar-refractivity contribution is 0.103. The van der Waals surface area contributed by atoms with Crippen LogP contribution in [0.5, 0.6) is 0 Å². The Kier molecular flexibility index (Phi) is 3.81. The Bertz CT molecular complexity index is 762. The summed E-state index contributed by atoms with van der Waals surface area (Å²) in [5.41, 5.74) is 0.370. The standard InChI is InChI=1S/C13H6BrClFNOS2/c14-7-3-6(16)4-8(15)12(7)17-13(18)11-5-10-9(20-11)1-2-19-10/h1-5H,(H,17,18). The molecule has 1 aromatic carbocycles. The lowest BCUT2D eigenvalue weighted by Gasteiger charge is -2.08. The van der Waals surface area contributed by atoms with Crippen molar-refractivity contribution in [1.29, 1.82) is 0 Å². The Hall–Kier alpha value is -0.950. The van der Waals surface area contributed by atoms with Gasteiger partial charge in [0.1, 0.15) is 5.82 Å². The van der Waals surface area contributed by atoms with Gasteiger partial charge in [0, 0.05) is 13.9 Å². The highest BCUT2D eigenvalue weighted by Crippen LogP contribution is 2.34. The first kappa shape index (κ1) is 14.0. The minimum atomic E-state index is -0.462. The Morgan fingerprint density at radius 3 is 2.80 bits per heavy atom. The number of hydrogen-bond donors (Lipinski definition) is 1. The van der Waals surface area contributed by atoms with Crippen LogP contribution in [0.25, 0.3) is 9.40 Å². The summed E-state index contributed by atoms with van der Waals surface area (Å²) < 4.78 is 15.7. The molecule has 1 N–H and O–H groups in total. The first-order chi connectivity index (χ1) is 9.54. The molecule has 2 heterocycles. The summed E-state index contributed by atoms with van der Waals surface area (Å²) in [5.74, 6) is -0.718. The van der Waals surface area contributed by atoms with Crippen molar-refractivity contribution >= 4 is 71.2 Å². The normalized spacial score (nSPS) is 10.9. The maximum atomic E-state index is 13.1. The van der Waals surface area contributed by atoms with Crippen LogP contribution in [-0.4, -0.2) is 5.91 Å². The number of amides is 1. The molecule has 0 aliphatic heterocycles. The van der Waals surface area contributed by atoms with Gasteiger partial charge in [0.05, 0.1) is 15.6 Å². The van der Waals surface area contributed by atoms with Gasteiger partial charge in [-0.2, -0.15) is 0 Å². The zero-order valence-corrected chi connectivity index (χ0v) is 13.7. The van der Waals surface area contributed by atoms with Crippen LogP contribution < -0.4 is 5.32 Å². The molecule has 102 valence electrons. The van der Waals surface area contributed by atoms with Gasteiger partial charge in [-0.25, -0.2) is 4.39 Å². The Balaban J connectivity index is 1.91. The molecule has 0 saturated heterocycles. The topological polar surface area (TPSA) is 29.1 Å². The molecular formula is C13H6BrClFNOS2. The highest BCUT2D eigenvalue weighted by molar-refractivity contribution is 9.10. The van der Waals surface area contributed by atoms with Gasteiger partial charge in [0.15, 0.2) is 0 Å². The van der Waals surface area contributed by atoms with Crippen LogP contribution in [0.2, 0.25) is 5.02 Å². The largest absolute Gasteiger partial charge is 0.319 e. The van der Waals surface area contributed by atoms with Crippen LogP contribution in [0.4, 0.5) is 10.1 Å². The molecule has 0 fully saturated rings. The summed E-state index contributed by atoms with van der Waals surface area (Å²) in [7, 11) is 0. The monoisotopic (exact) mass is 389 g/mol. The zero-order valence-electron chi connectivity index (χ0n) is 9.75. The number of anilines is 1. The number of rotatable bonds is 2. The molecule has 20 heavy (non-hydrogen) atoms. The Labute approximate surface area is 135 Å². The molecular weight excluding hydrogens is 385 g/mol. The molecule has 3 aromatic rings. The third kappa shape index (κ3) is 2.61. The van der Waals surface area contributed by atoms with E-state index >= 15 is 0 Å². The molecule has 7 heteroatoms.